The minimum atomic E-state index is 0.364. The van der Waals surface area contributed by atoms with Crippen LogP contribution in [-0.2, 0) is 11.3 Å². The van der Waals surface area contributed by atoms with Crippen LogP contribution in [0.2, 0.25) is 0 Å². The van der Waals surface area contributed by atoms with Crippen LogP contribution in [-0.4, -0.2) is 31.2 Å². The summed E-state index contributed by atoms with van der Waals surface area (Å²) in [7, 11) is 2.16. The quantitative estimate of drug-likeness (QED) is 0.702. The van der Waals surface area contributed by atoms with E-state index in [0.717, 1.165) is 26.1 Å². The number of hydrogen-bond donors (Lipinski definition) is 0. The average Bonchev–Trinajstić information content (AvgIpc) is 2.28. The Morgan fingerprint density at radius 1 is 1.25 bits per heavy atom. The third-order valence-electron chi connectivity index (χ3n) is 2.66. The van der Waals surface area contributed by atoms with Gasteiger partial charge in [0.25, 0.3) is 0 Å². The van der Waals surface area contributed by atoms with Gasteiger partial charge < -0.3 is 9.64 Å². The molecule has 0 radical (unpaired) electrons. The van der Waals surface area contributed by atoms with Crippen LogP contribution in [0, 0.1) is 0 Å². The molecule has 0 aromatic heterocycles. The van der Waals surface area contributed by atoms with Gasteiger partial charge in [0.2, 0.25) is 0 Å². The molecule has 0 aliphatic carbocycles. The molecular formula is C14H23NO. The molecule has 1 atom stereocenters. The van der Waals surface area contributed by atoms with E-state index in [2.05, 4.69) is 49.2 Å². The van der Waals surface area contributed by atoms with Gasteiger partial charge in [0.05, 0.1) is 6.10 Å². The smallest absolute Gasteiger partial charge is 0.0559 e. The molecule has 0 saturated carbocycles. The molecule has 1 rings (SSSR count). The second-order valence-electron chi connectivity index (χ2n) is 4.28. The summed E-state index contributed by atoms with van der Waals surface area (Å²) in [6.45, 7) is 7.09. The molecule has 16 heavy (non-hydrogen) atoms. The normalized spacial score (nSPS) is 13.0. The number of ether oxygens (including phenoxy) is 1. The van der Waals surface area contributed by atoms with E-state index in [1.54, 1.807) is 0 Å². The highest BCUT2D eigenvalue weighted by Crippen LogP contribution is 2.05. The van der Waals surface area contributed by atoms with E-state index in [0.29, 0.717) is 6.10 Å². The summed E-state index contributed by atoms with van der Waals surface area (Å²) in [4.78, 5) is 2.34. The monoisotopic (exact) mass is 221 g/mol. The van der Waals surface area contributed by atoms with E-state index < -0.39 is 0 Å². The van der Waals surface area contributed by atoms with Gasteiger partial charge in [0, 0.05) is 19.7 Å². The van der Waals surface area contributed by atoms with Crippen molar-refractivity contribution in [3.63, 3.8) is 0 Å². The maximum absolute atomic E-state index is 5.52. The fourth-order valence-electron chi connectivity index (χ4n) is 1.74. The molecule has 2 heteroatoms. The lowest BCUT2D eigenvalue weighted by Gasteiger charge is -2.19. The van der Waals surface area contributed by atoms with Gasteiger partial charge in [0.15, 0.2) is 0 Å². The fraction of sp³-hybridized carbons (Fsp3) is 0.571. The van der Waals surface area contributed by atoms with Crippen LogP contribution < -0.4 is 0 Å². The number of hydrogen-bond acceptors (Lipinski definition) is 2. The van der Waals surface area contributed by atoms with Crippen molar-refractivity contribution in [3.05, 3.63) is 35.9 Å². The lowest BCUT2D eigenvalue weighted by molar-refractivity contribution is 0.0629. The summed E-state index contributed by atoms with van der Waals surface area (Å²) in [6.07, 6.45) is 1.46. The first-order valence-corrected chi connectivity index (χ1v) is 6.06. The van der Waals surface area contributed by atoms with Crippen LogP contribution in [0.15, 0.2) is 30.3 Å². The van der Waals surface area contributed by atoms with Crippen molar-refractivity contribution in [2.75, 3.05) is 20.2 Å². The molecule has 0 heterocycles. The van der Waals surface area contributed by atoms with E-state index in [1.165, 1.54) is 5.56 Å². The van der Waals surface area contributed by atoms with E-state index in [9.17, 15) is 0 Å². The predicted molar refractivity (Wildman–Crippen MR) is 68.5 cm³/mol. The summed E-state index contributed by atoms with van der Waals surface area (Å²) in [5.41, 5.74) is 1.37. The topological polar surface area (TPSA) is 12.5 Å². The SMILES string of the molecule is CCOC(C)CCN(C)Cc1ccccc1. The molecule has 2 nitrogen and oxygen atoms in total. The second-order valence-corrected chi connectivity index (χ2v) is 4.28. The largest absolute Gasteiger partial charge is 0.379 e. The van der Waals surface area contributed by atoms with Crippen molar-refractivity contribution in [2.45, 2.75) is 32.9 Å². The highest BCUT2D eigenvalue weighted by Gasteiger charge is 2.04. The number of benzene rings is 1. The average molecular weight is 221 g/mol. The van der Waals surface area contributed by atoms with E-state index in [4.69, 9.17) is 4.74 Å². The van der Waals surface area contributed by atoms with Crippen LogP contribution in [0.4, 0.5) is 0 Å². The molecule has 0 fully saturated rings. The number of nitrogens with zero attached hydrogens (tertiary/aromatic N) is 1. The molecule has 1 aromatic carbocycles. The molecule has 0 N–H and O–H groups in total. The molecule has 0 spiro atoms. The van der Waals surface area contributed by atoms with Crippen molar-refractivity contribution in [3.8, 4) is 0 Å². The van der Waals surface area contributed by atoms with E-state index in [1.807, 2.05) is 6.92 Å². The summed E-state index contributed by atoms with van der Waals surface area (Å²) in [6, 6.07) is 10.6. The minimum absolute atomic E-state index is 0.364. The first kappa shape index (κ1) is 13.2. The summed E-state index contributed by atoms with van der Waals surface area (Å²) >= 11 is 0. The fourth-order valence-corrected chi connectivity index (χ4v) is 1.74. The van der Waals surface area contributed by atoms with Crippen LogP contribution >= 0.6 is 0 Å². The van der Waals surface area contributed by atoms with E-state index >= 15 is 0 Å². The first-order chi connectivity index (χ1) is 7.72. The zero-order chi connectivity index (χ0) is 11.8. The van der Waals surface area contributed by atoms with Gasteiger partial charge in [-0.15, -0.1) is 0 Å². The molecule has 0 bridgehead atoms. The standard InChI is InChI=1S/C14H23NO/c1-4-16-13(2)10-11-15(3)12-14-8-6-5-7-9-14/h5-9,13H,4,10-12H2,1-3H3. The van der Waals surface area contributed by atoms with E-state index in [-0.39, 0.29) is 0 Å². The van der Waals surface area contributed by atoms with Crippen molar-refractivity contribution < 1.29 is 4.74 Å². The number of rotatable bonds is 7. The molecule has 90 valence electrons. The van der Waals surface area contributed by atoms with Crippen molar-refractivity contribution in [1.82, 2.24) is 4.90 Å². The molecule has 1 aromatic rings. The van der Waals surface area contributed by atoms with Crippen LogP contribution in [0.25, 0.3) is 0 Å². The Morgan fingerprint density at radius 3 is 2.56 bits per heavy atom. The Morgan fingerprint density at radius 2 is 1.94 bits per heavy atom. The first-order valence-electron chi connectivity index (χ1n) is 6.06. The van der Waals surface area contributed by atoms with Crippen molar-refractivity contribution in [2.24, 2.45) is 0 Å². The van der Waals surface area contributed by atoms with Crippen LogP contribution in [0.1, 0.15) is 25.8 Å². The van der Waals surface area contributed by atoms with Gasteiger partial charge >= 0.3 is 0 Å². The van der Waals surface area contributed by atoms with Gasteiger partial charge in [-0.05, 0) is 32.9 Å². The molecule has 0 saturated heterocycles. The Hall–Kier alpha value is -0.860. The van der Waals surface area contributed by atoms with Crippen molar-refractivity contribution in [1.29, 1.82) is 0 Å². The molecule has 1 unspecified atom stereocenters. The third kappa shape index (κ3) is 5.29. The van der Waals surface area contributed by atoms with Gasteiger partial charge in [-0.25, -0.2) is 0 Å². The van der Waals surface area contributed by atoms with Crippen LogP contribution in [0.5, 0.6) is 0 Å². The van der Waals surface area contributed by atoms with Crippen molar-refractivity contribution >= 4 is 0 Å². The predicted octanol–water partition coefficient (Wildman–Crippen LogP) is 2.93. The lowest BCUT2D eigenvalue weighted by Crippen LogP contribution is -2.23. The second kappa shape index (κ2) is 7.42. The van der Waals surface area contributed by atoms with Gasteiger partial charge in [-0.3, -0.25) is 0 Å². The molecule has 0 amide bonds. The zero-order valence-corrected chi connectivity index (χ0v) is 10.6. The van der Waals surface area contributed by atoms with Crippen LogP contribution in [0.3, 0.4) is 0 Å². The highest BCUT2D eigenvalue weighted by atomic mass is 16.5. The lowest BCUT2D eigenvalue weighted by atomic mass is 10.2. The third-order valence-corrected chi connectivity index (χ3v) is 2.66. The van der Waals surface area contributed by atoms with Gasteiger partial charge in [0.1, 0.15) is 0 Å². The molecular weight excluding hydrogens is 198 g/mol. The maximum Gasteiger partial charge on any atom is 0.0559 e. The Bertz CT molecular complexity index is 273. The summed E-state index contributed by atoms with van der Waals surface area (Å²) in [5.74, 6) is 0. The highest BCUT2D eigenvalue weighted by molar-refractivity contribution is 5.14. The Balaban J connectivity index is 2.23. The Kier molecular flexibility index (Phi) is 6.12. The van der Waals surface area contributed by atoms with Gasteiger partial charge in [-0.2, -0.15) is 0 Å². The minimum Gasteiger partial charge on any atom is -0.379 e. The zero-order valence-electron chi connectivity index (χ0n) is 10.6. The summed E-state index contributed by atoms with van der Waals surface area (Å²) < 4.78 is 5.52. The molecule has 0 aliphatic heterocycles. The maximum atomic E-state index is 5.52. The molecule has 0 aliphatic rings. The van der Waals surface area contributed by atoms with Gasteiger partial charge in [-0.1, -0.05) is 30.3 Å². The Labute approximate surface area is 99.2 Å². The summed E-state index contributed by atoms with van der Waals surface area (Å²) in [5, 5.41) is 0.